The van der Waals surface area contributed by atoms with Crippen molar-refractivity contribution >= 4 is 5.91 Å². The fourth-order valence-electron chi connectivity index (χ4n) is 2.41. The Bertz CT molecular complexity index is 383. The Morgan fingerprint density at radius 2 is 1.48 bits per heavy atom. The molecule has 0 saturated carbocycles. The van der Waals surface area contributed by atoms with Crippen molar-refractivity contribution in [3.05, 3.63) is 35.4 Å². The first kappa shape index (κ1) is 17.7. The maximum absolute atomic E-state index is 11.7. The maximum atomic E-state index is 11.7. The minimum atomic E-state index is 0.182. The van der Waals surface area contributed by atoms with Gasteiger partial charge < -0.3 is 5.32 Å². The molecule has 0 aromatic heterocycles. The van der Waals surface area contributed by atoms with E-state index in [1.165, 1.54) is 56.1 Å². The number of carbonyl (C=O) groups excluding carboxylic acids is 1. The number of amides is 1. The third kappa shape index (κ3) is 9.28. The Balaban J connectivity index is 1.97. The van der Waals surface area contributed by atoms with Gasteiger partial charge >= 0.3 is 0 Å². The van der Waals surface area contributed by atoms with Crippen molar-refractivity contribution in [2.45, 2.75) is 78.2 Å². The van der Waals surface area contributed by atoms with E-state index in [1.807, 2.05) is 0 Å². The van der Waals surface area contributed by atoms with E-state index < -0.39 is 0 Å². The molecule has 0 unspecified atom stereocenters. The number of hydrogen-bond donors (Lipinski definition) is 1. The van der Waals surface area contributed by atoms with Crippen molar-refractivity contribution in [1.29, 1.82) is 0 Å². The van der Waals surface area contributed by atoms with Gasteiger partial charge in [0.1, 0.15) is 0 Å². The molecule has 0 atom stereocenters. The summed E-state index contributed by atoms with van der Waals surface area (Å²) < 4.78 is 0. The molecule has 1 amide bonds. The lowest BCUT2D eigenvalue weighted by molar-refractivity contribution is -0.121. The van der Waals surface area contributed by atoms with Crippen LogP contribution in [0.4, 0.5) is 0 Å². The summed E-state index contributed by atoms with van der Waals surface area (Å²) in [4.78, 5) is 11.7. The zero-order chi connectivity index (χ0) is 15.3. The predicted octanol–water partition coefficient (Wildman–Crippen LogP) is 5.14. The standard InChI is InChI=1S/C19H31NO/c1-3-4-5-6-7-8-9-10-11-19(21)20-16-18-14-12-17(2)13-15-18/h12-15H,3-11,16H2,1-2H3,(H,20,21). The highest BCUT2D eigenvalue weighted by atomic mass is 16.1. The summed E-state index contributed by atoms with van der Waals surface area (Å²) in [5, 5.41) is 3.00. The molecule has 118 valence electrons. The van der Waals surface area contributed by atoms with Gasteiger partial charge in [0.15, 0.2) is 0 Å². The van der Waals surface area contributed by atoms with Gasteiger partial charge in [-0.3, -0.25) is 4.79 Å². The minimum absolute atomic E-state index is 0.182. The molecule has 0 saturated heterocycles. The van der Waals surface area contributed by atoms with Crippen LogP contribution in [0.1, 0.15) is 75.8 Å². The molecule has 1 rings (SSSR count). The summed E-state index contributed by atoms with van der Waals surface area (Å²) >= 11 is 0. The van der Waals surface area contributed by atoms with Gasteiger partial charge in [-0.05, 0) is 18.9 Å². The van der Waals surface area contributed by atoms with Crippen LogP contribution in [0.3, 0.4) is 0 Å². The number of rotatable bonds is 11. The zero-order valence-corrected chi connectivity index (χ0v) is 13.8. The third-order valence-corrected chi connectivity index (χ3v) is 3.87. The fourth-order valence-corrected chi connectivity index (χ4v) is 2.41. The second kappa shape index (κ2) is 11.4. The van der Waals surface area contributed by atoms with Gasteiger partial charge in [0, 0.05) is 13.0 Å². The Hall–Kier alpha value is -1.31. The zero-order valence-electron chi connectivity index (χ0n) is 13.8. The first-order valence-corrected chi connectivity index (χ1v) is 8.54. The summed E-state index contributed by atoms with van der Waals surface area (Å²) in [5.74, 6) is 0.182. The van der Waals surface area contributed by atoms with E-state index in [-0.39, 0.29) is 5.91 Å². The molecule has 0 radical (unpaired) electrons. The van der Waals surface area contributed by atoms with E-state index in [0.29, 0.717) is 13.0 Å². The SMILES string of the molecule is CCCCCCCCCCC(=O)NCc1ccc(C)cc1. The Morgan fingerprint density at radius 3 is 2.10 bits per heavy atom. The van der Waals surface area contributed by atoms with Crippen LogP contribution >= 0.6 is 0 Å². The molecule has 21 heavy (non-hydrogen) atoms. The molecule has 0 aliphatic heterocycles. The molecule has 0 heterocycles. The number of nitrogens with one attached hydrogen (secondary N) is 1. The van der Waals surface area contributed by atoms with Gasteiger partial charge in [-0.15, -0.1) is 0 Å². The Morgan fingerprint density at radius 1 is 0.905 bits per heavy atom. The van der Waals surface area contributed by atoms with Crippen LogP contribution in [-0.2, 0) is 11.3 Å². The molecular weight excluding hydrogens is 258 g/mol. The van der Waals surface area contributed by atoms with Crippen molar-refractivity contribution in [2.24, 2.45) is 0 Å². The predicted molar refractivity (Wildman–Crippen MR) is 90.3 cm³/mol. The van der Waals surface area contributed by atoms with E-state index in [1.54, 1.807) is 0 Å². The molecule has 2 heteroatoms. The van der Waals surface area contributed by atoms with Crippen molar-refractivity contribution in [2.75, 3.05) is 0 Å². The number of aryl methyl sites for hydroxylation is 1. The lowest BCUT2D eigenvalue weighted by Crippen LogP contribution is -2.22. The minimum Gasteiger partial charge on any atom is -0.352 e. The van der Waals surface area contributed by atoms with E-state index in [0.717, 1.165) is 6.42 Å². The van der Waals surface area contributed by atoms with E-state index in [9.17, 15) is 4.79 Å². The van der Waals surface area contributed by atoms with Gasteiger partial charge in [0.05, 0.1) is 0 Å². The largest absolute Gasteiger partial charge is 0.352 e. The second-order valence-electron chi connectivity index (χ2n) is 5.99. The summed E-state index contributed by atoms with van der Waals surface area (Å²) in [6.07, 6.45) is 10.9. The van der Waals surface area contributed by atoms with Crippen LogP contribution in [0.15, 0.2) is 24.3 Å². The van der Waals surface area contributed by atoms with Crippen LogP contribution in [-0.4, -0.2) is 5.91 Å². The van der Waals surface area contributed by atoms with Crippen molar-refractivity contribution in [3.63, 3.8) is 0 Å². The third-order valence-electron chi connectivity index (χ3n) is 3.87. The highest BCUT2D eigenvalue weighted by molar-refractivity contribution is 5.75. The normalized spacial score (nSPS) is 10.6. The first-order valence-electron chi connectivity index (χ1n) is 8.54. The lowest BCUT2D eigenvalue weighted by atomic mass is 10.1. The molecule has 2 nitrogen and oxygen atoms in total. The number of benzene rings is 1. The van der Waals surface area contributed by atoms with E-state index in [2.05, 4.69) is 43.4 Å². The number of hydrogen-bond acceptors (Lipinski definition) is 1. The van der Waals surface area contributed by atoms with Crippen LogP contribution in [0.5, 0.6) is 0 Å². The van der Waals surface area contributed by atoms with E-state index in [4.69, 9.17) is 0 Å². The monoisotopic (exact) mass is 289 g/mol. The Labute approximate surface area is 130 Å². The number of carbonyl (C=O) groups is 1. The first-order chi connectivity index (χ1) is 10.2. The molecular formula is C19H31NO. The van der Waals surface area contributed by atoms with Crippen molar-refractivity contribution in [1.82, 2.24) is 5.32 Å². The van der Waals surface area contributed by atoms with Crippen LogP contribution in [0.25, 0.3) is 0 Å². The second-order valence-corrected chi connectivity index (χ2v) is 5.99. The molecule has 1 aromatic rings. The van der Waals surface area contributed by atoms with Crippen LogP contribution in [0, 0.1) is 6.92 Å². The molecule has 0 aliphatic carbocycles. The highest BCUT2D eigenvalue weighted by Crippen LogP contribution is 2.09. The molecule has 1 aromatic carbocycles. The number of unbranched alkanes of at least 4 members (excludes halogenated alkanes) is 7. The van der Waals surface area contributed by atoms with Gasteiger partial charge in [0.25, 0.3) is 0 Å². The average molecular weight is 289 g/mol. The van der Waals surface area contributed by atoms with Crippen molar-refractivity contribution < 1.29 is 4.79 Å². The summed E-state index contributed by atoms with van der Waals surface area (Å²) in [6, 6.07) is 8.32. The molecule has 0 bridgehead atoms. The van der Waals surface area contributed by atoms with Crippen LogP contribution in [0.2, 0.25) is 0 Å². The summed E-state index contributed by atoms with van der Waals surface area (Å²) in [7, 11) is 0. The maximum Gasteiger partial charge on any atom is 0.220 e. The topological polar surface area (TPSA) is 29.1 Å². The quantitative estimate of drug-likeness (QED) is 0.561. The average Bonchev–Trinajstić information content (AvgIpc) is 2.49. The lowest BCUT2D eigenvalue weighted by Gasteiger charge is -2.06. The van der Waals surface area contributed by atoms with E-state index >= 15 is 0 Å². The van der Waals surface area contributed by atoms with Gasteiger partial charge in [-0.25, -0.2) is 0 Å². The van der Waals surface area contributed by atoms with Crippen LogP contribution < -0.4 is 5.32 Å². The fraction of sp³-hybridized carbons (Fsp3) is 0.632. The van der Waals surface area contributed by atoms with Gasteiger partial charge in [-0.1, -0.05) is 81.7 Å². The van der Waals surface area contributed by atoms with Gasteiger partial charge in [0.2, 0.25) is 5.91 Å². The molecule has 0 spiro atoms. The molecule has 1 N–H and O–H groups in total. The van der Waals surface area contributed by atoms with Gasteiger partial charge in [-0.2, -0.15) is 0 Å². The summed E-state index contributed by atoms with van der Waals surface area (Å²) in [5.41, 5.74) is 2.42. The van der Waals surface area contributed by atoms with Crippen molar-refractivity contribution in [3.8, 4) is 0 Å². The Kier molecular flexibility index (Phi) is 9.60. The summed E-state index contributed by atoms with van der Waals surface area (Å²) in [6.45, 7) is 4.97. The molecule has 0 aliphatic rings. The smallest absolute Gasteiger partial charge is 0.220 e. The highest BCUT2D eigenvalue weighted by Gasteiger charge is 2.01. The molecule has 0 fully saturated rings.